The molecule has 2 heteroatoms. The first-order chi connectivity index (χ1) is 13.2. The van der Waals surface area contributed by atoms with Crippen LogP contribution < -0.4 is 4.74 Å². The Bertz CT molecular complexity index is 1040. The highest BCUT2D eigenvalue weighted by atomic mass is 16.5. The average Bonchev–Trinajstić information content (AvgIpc) is 3.09. The van der Waals surface area contributed by atoms with Gasteiger partial charge in [0.2, 0.25) is 0 Å². The second-order valence-electron chi connectivity index (χ2n) is 7.04. The van der Waals surface area contributed by atoms with Gasteiger partial charge in [0.25, 0.3) is 0 Å². The van der Waals surface area contributed by atoms with Gasteiger partial charge in [0.15, 0.2) is 0 Å². The van der Waals surface area contributed by atoms with Crippen molar-refractivity contribution in [1.29, 1.82) is 0 Å². The molecule has 1 heterocycles. The summed E-state index contributed by atoms with van der Waals surface area (Å²) in [5.74, 6) is 1.25. The van der Waals surface area contributed by atoms with E-state index in [2.05, 4.69) is 97.4 Å². The molecule has 0 N–H and O–H groups in total. The Balaban J connectivity index is 1.86. The first-order valence-electron chi connectivity index (χ1n) is 9.52. The van der Waals surface area contributed by atoms with E-state index in [1.165, 1.54) is 33.3 Å². The van der Waals surface area contributed by atoms with Crippen molar-refractivity contribution >= 4 is 10.9 Å². The summed E-state index contributed by atoms with van der Waals surface area (Å²) >= 11 is 0. The van der Waals surface area contributed by atoms with Crippen molar-refractivity contribution in [3.8, 4) is 11.4 Å². The van der Waals surface area contributed by atoms with Crippen LogP contribution in [0.3, 0.4) is 0 Å². The fraction of sp³-hybridized carbons (Fsp3) is 0.200. The molecular formula is C25H25NO. The second-order valence-corrected chi connectivity index (χ2v) is 7.04. The molecule has 1 unspecified atom stereocenters. The summed E-state index contributed by atoms with van der Waals surface area (Å²) in [5, 5.41) is 1.32. The average molecular weight is 355 g/mol. The standard InChI is InChI=1S/C25H25NO/c1-4-22(19-11-15-21(27-3)16-12-19)24-17-26(20-13-9-18(2)10-14-20)25-8-6-5-7-23(24)25/h5-17,22H,4H2,1-3H3. The number of ether oxygens (including phenoxy) is 1. The van der Waals surface area contributed by atoms with E-state index in [0.29, 0.717) is 5.92 Å². The van der Waals surface area contributed by atoms with Crippen LogP contribution in [-0.2, 0) is 0 Å². The highest BCUT2D eigenvalue weighted by Gasteiger charge is 2.19. The first kappa shape index (κ1) is 17.4. The van der Waals surface area contributed by atoms with Gasteiger partial charge in [-0.3, -0.25) is 0 Å². The number of hydrogen-bond acceptors (Lipinski definition) is 1. The van der Waals surface area contributed by atoms with Gasteiger partial charge in [-0.05, 0) is 54.8 Å². The zero-order valence-corrected chi connectivity index (χ0v) is 16.1. The fourth-order valence-electron chi connectivity index (χ4n) is 3.87. The van der Waals surface area contributed by atoms with Crippen LogP contribution in [0.25, 0.3) is 16.6 Å². The molecule has 0 amide bonds. The van der Waals surface area contributed by atoms with Gasteiger partial charge in [-0.15, -0.1) is 0 Å². The van der Waals surface area contributed by atoms with E-state index >= 15 is 0 Å². The molecule has 136 valence electrons. The minimum Gasteiger partial charge on any atom is -0.497 e. The summed E-state index contributed by atoms with van der Waals surface area (Å²) in [5.41, 5.74) is 6.43. The molecule has 4 aromatic rings. The summed E-state index contributed by atoms with van der Waals surface area (Å²) in [4.78, 5) is 0. The van der Waals surface area contributed by atoms with Crippen molar-refractivity contribution in [3.05, 3.63) is 95.7 Å². The third-order valence-corrected chi connectivity index (χ3v) is 5.36. The molecular weight excluding hydrogens is 330 g/mol. The molecule has 1 aromatic heterocycles. The summed E-state index contributed by atoms with van der Waals surface area (Å²) < 4.78 is 7.64. The molecule has 0 saturated heterocycles. The van der Waals surface area contributed by atoms with Gasteiger partial charge in [0.05, 0.1) is 12.6 Å². The SMILES string of the molecule is CCC(c1ccc(OC)cc1)c1cn(-c2ccc(C)cc2)c2ccccc12. The molecule has 0 aliphatic heterocycles. The van der Waals surface area contributed by atoms with E-state index in [-0.39, 0.29) is 0 Å². The Morgan fingerprint density at radius 1 is 0.889 bits per heavy atom. The van der Waals surface area contributed by atoms with E-state index in [1.54, 1.807) is 7.11 Å². The van der Waals surface area contributed by atoms with Crippen molar-refractivity contribution in [2.75, 3.05) is 7.11 Å². The lowest BCUT2D eigenvalue weighted by atomic mass is 9.89. The largest absolute Gasteiger partial charge is 0.497 e. The van der Waals surface area contributed by atoms with Crippen molar-refractivity contribution in [2.45, 2.75) is 26.2 Å². The minimum absolute atomic E-state index is 0.354. The number of aromatic nitrogens is 1. The number of nitrogens with zero attached hydrogens (tertiary/aromatic N) is 1. The zero-order chi connectivity index (χ0) is 18.8. The van der Waals surface area contributed by atoms with Crippen molar-refractivity contribution in [1.82, 2.24) is 4.57 Å². The van der Waals surface area contributed by atoms with Crippen LogP contribution in [0.1, 0.15) is 36.0 Å². The van der Waals surface area contributed by atoms with Gasteiger partial charge in [0.1, 0.15) is 5.75 Å². The number of para-hydroxylation sites is 1. The maximum atomic E-state index is 5.33. The highest BCUT2D eigenvalue weighted by Crippen LogP contribution is 2.36. The maximum Gasteiger partial charge on any atom is 0.118 e. The molecule has 0 saturated carbocycles. The number of aryl methyl sites for hydroxylation is 1. The molecule has 0 spiro atoms. The number of methoxy groups -OCH3 is 1. The number of rotatable bonds is 5. The lowest BCUT2D eigenvalue weighted by molar-refractivity contribution is 0.414. The van der Waals surface area contributed by atoms with Gasteiger partial charge in [-0.2, -0.15) is 0 Å². The molecule has 3 aromatic carbocycles. The molecule has 0 aliphatic carbocycles. The number of hydrogen-bond donors (Lipinski definition) is 0. The normalized spacial score (nSPS) is 12.3. The molecule has 4 rings (SSSR count). The van der Waals surface area contributed by atoms with E-state index in [1.807, 2.05) is 0 Å². The van der Waals surface area contributed by atoms with Gasteiger partial charge in [0, 0.05) is 23.2 Å². The lowest BCUT2D eigenvalue weighted by Gasteiger charge is -2.15. The smallest absolute Gasteiger partial charge is 0.118 e. The Morgan fingerprint density at radius 3 is 2.26 bits per heavy atom. The molecule has 1 atom stereocenters. The van der Waals surface area contributed by atoms with Gasteiger partial charge in [-0.25, -0.2) is 0 Å². The van der Waals surface area contributed by atoms with Crippen LogP contribution in [0, 0.1) is 6.92 Å². The van der Waals surface area contributed by atoms with Crippen LogP contribution >= 0.6 is 0 Å². The van der Waals surface area contributed by atoms with Crippen molar-refractivity contribution < 1.29 is 4.74 Å². The minimum atomic E-state index is 0.354. The van der Waals surface area contributed by atoms with Crippen LogP contribution in [0.2, 0.25) is 0 Å². The third-order valence-electron chi connectivity index (χ3n) is 5.36. The number of fused-ring (bicyclic) bond motifs is 1. The van der Waals surface area contributed by atoms with Gasteiger partial charge >= 0.3 is 0 Å². The predicted molar refractivity (Wildman–Crippen MR) is 113 cm³/mol. The highest BCUT2D eigenvalue weighted by molar-refractivity contribution is 5.86. The van der Waals surface area contributed by atoms with E-state index in [0.717, 1.165) is 12.2 Å². The number of benzene rings is 3. The van der Waals surface area contributed by atoms with E-state index in [4.69, 9.17) is 4.74 Å². The Labute approximate surface area is 161 Å². The summed E-state index contributed by atoms with van der Waals surface area (Å²) in [6, 6.07) is 25.9. The molecule has 0 radical (unpaired) electrons. The van der Waals surface area contributed by atoms with Crippen molar-refractivity contribution in [3.63, 3.8) is 0 Å². The quantitative estimate of drug-likeness (QED) is 0.399. The monoisotopic (exact) mass is 355 g/mol. The summed E-state index contributed by atoms with van der Waals surface area (Å²) in [6.45, 7) is 4.38. The fourth-order valence-corrected chi connectivity index (χ4v) is 3.87. The van der Waals surface area contributed by atoms with Crippen LogP contribution in [0.4, 0.5) is 0 Å². The van der Waals surface area contributed by atoms with Crippen LogP contribution in [-0.4, -0.2) is 11.7 Å². The molecule has 0 bridgehead atoms. The van der Waals surface area contributed by atoms with Crippen LogP contribution in [0.5, 0.6) is 5.75 Å². The summed E-state index contributed by atoms with van der Waals surface area (Å²) in [6.07, 6.45) is 3.36. The Kier molecular flexibility index (Phi) is 4.72. The maximum absolute atomic E-state index is 5.33. The molecule has 0 aliphatic rings. The zero-order valence-electron chi connectivity index (χ0n) is 16.1. The van der Waals surface area contributed by atoms with E-state index in [9.17, 15) is 0 Å². The van der Waals surface area contributed by atoms with Crippen molar-refractivity contribution in [2.24, 2.45) is 0 Å². The Morgan fingerprint density at radius 2 is 1.59 bits per heavy atom. The van der Waals surface area contributed by atoms with Gasteiger partial charge in [-0.1, -0.05) is 55.0 Å². The Hall–Kier alpha value is -3.00. The predicted octanol–water partition coefficient (Wildman–Crippen LogP) is 6.49. The summed E-state index contributed by atoms with van der Waals surface area (Å²) in [7, 11) is 1.71. The first-order valence-corrected chi connectivity index (χ1v) is 9.52. The molecule has 2 nitrogen and oxygen atoms in total. The van der Waals surface area contributed by atoms with Gasteiger partial charge < -0.3 is 9.30 Å². The third kappa shape index (κ3) is 3.23. The molecule has 27 heavy (non-hydrogen) atoms. The van der Waals surface area contributed by atoms with E-state index < -0.39 is 0 Å². The van der Waals surface area contributed by atoms with Crippen LogP contribution in [0.15, 0.2) is 79.0 Å². The second kappa shape index (κ2) is 7.32. The lowest BCUT2D eigenvalue weighted by Crippen LogP contribution is -1.99. The molecule has 0 fully saturated rings. The topological polar surface area (TPSA) is 14.2 Å².